The van der Waals surface area contributed by atoms with Gasteiger partial charge in [0.1, 0.15) is 0 Å². The molecule has 3 heteroatoms. The van der Waals surface area contributed by atoms with Crippen LogP contribution in [0.5, 0.6) is 0 Å². The Bertz CT molecular complexity index is 2430. The van der Waals surface area contributed by atoms with Crippen LogP contribution in [-0.2, 0) is 0 Å². The zero-order valence-electron chi connectivity index (χ0n) is 22.8. The number of hydrogen-bond acceptors (Lipinski definition) is 1. The van der Waals surface area contributed by atoms with Gasteiger partial charge in [-0.1, -0.05) is 97.1 Å². The van der Waals surface area contributed by atoms with Gasteiger partial charge in [-0.2, -0.15) is 0 Å². The Balaban J connectivity index is 1.35. The molecule has 3 nitrogen and oxygen atoms in total. The molecule has 0 aliphatic heterocycles. The quantitative estimate of drug-likeness (QED) is 0.221. The van der Waals surface area contributed by atoms with Gasteiger partial charge in [0.15, 0.2) is 0 Å². The van der Waals surface area contributed by atoms with E-state index in [1.54, 1.807) is 0 Å². The number of aromatic nitrogens is 3. The van der Waals surface area contributed by atoms with E-state index in [0.717, 1.165) is 16.9 Å². The summed E-state index contributed by atoms with van der Waals surface area (Å²) >= 11 is 0. The van der Waals surface area contributed by atoms with E-state index in [-0.39, 0.29) is 0 Å². The maximum Gasteiger partial charge on any atom is 0.0703 e. The molecule has 0 bridgehead atoms. The molecule has 9 rings (SSSR count). The monoisotopic (exact) mass is 535 g/mol. The lowest BCUT2D eigenvalue weighted by atomic mass is 9.99. The Kier molecular flexibility index (Phi) is 4.90. The summed E-state index contributed by atoms with van der Waals surface area (Å²) < 4.78 is 4.74. The summed E-state index contributed by atoms with van der Waals surface area (Å²) in [6.07, 6.45) is 2.00. The first-order valence-corrected chi connectivity index (χ1v) is 14.3. The van der Waals surface area contributed by atoms with Gasteiger partial charge >= 0.3 is 0 Å². The molecule has 0 saturated carbocycles. The summed E-state index contributed by atoms with van der Waals surface area (Å²) in [4.78, 5) is 4.86. The standard InChI is InChI=1S/C39H25N3/c1-3-11-26(12-4-1)33-22-19-28(25-40-33)42-35-18-10-8-16-32(35)39-30-20-23-36-38(29(30)21-24-37(39)42)31-15-7-9-17-34(31)41(36)27-13-5-2-6-14-27/h1-25H. The molecule has 0 aliphatic carbocycles. The molecule has 0 N–H and O–H groups in total. The van der Waals surface area contributed by atoms with Crippen LogP contribution < -0.4 is 0 Å². The van der Waals surface area contributed by atoms with Gasteiger partial charge in [0.05, 0.1) is 39.6 Å². The molecule has 6 aromatic carbocycles. The van der Waals surface area contributed by atoms with E-state index in [9.17, 15) is 0 Å². The Morgan fingerprint density at radius 1 is 0.357 bits per heavy atom. The summed E-state index contributed by atoms with van der Waals surface area (Å²) in [5.41, 5.74) is 9.13. The van der Waals surface area contributed by atoms with Crippen LogP contribution >= 0.6 is 0 Å². The number of hydrogen-bond donors (Lipinski definition) is 0. The van der Waals surface area contributed by atoms with E-state index in [4.69, 9.17) is 4.98 Å². The summed E-state index contributed by atoms with van der Waals surface area (Å²) in [5.74, 6) is 0. The van der Waals surface area contributed by atoms with Crippen molar-refractivity contribution in [1.29, 1.82) is 0 Å². The van der Waals surface area contributed by atoms with Gasteiger partial charge in [-0.25, -0.2) is 0 Å². The molecule has 0 radical (unpaired) electrons. The minimum absolute atomic E-state index is 0.975. The van der Waals surface area contributed by atoms with Crippen LogP contribution in [0.3, 0.4) is 0 Å². The smallest absolute Gasteiger partial charge is 0.0703 e. The average molecular weight is 536 g/mol. The number of pyridine rings is 1. The molecular formula is C39H25N3. The molecule has 9 aromatic rings. The molecule has 196 valence electrons. The van der Waals surface area contributed by atoms with Gasteiger partial charge in [0.2, 0.25) is 0 Å². The first-order chi connectivity index (χ1) is 20.9. The highest BCUT2D eigenvalue weighted by molar-refractivity contribution is 6.29. The third kappa shape index (κ3) is 3.25. The molecule has 0 spiro atoms. The van der Waals surface area contributed by atoms with E-state index in [1.807, 2.05) is 12.3 Å². The maximum atomic E-state index is 4.86. The van der Waals surface area contributed by atoms with E-state index >= 15 is 0 Å². The topological polar surface area (TPSA) is 22.8 Å². The summed E-state index contributed by atoms with van der Waals surface area (Å²) in [6, 6.07) is 52.0. The Hall–Kier alpha value is -5.67. The van der Waals surface area contributed by atoms with Gasteiger partial charge in [-0.3, -0.25) is 4.98 Å². The van der Waals surface area contributed by atoms with E-state index in [0.29, 0.717) is 0 Å². The van der Waals surface area contributed by atoms with Crippen LogP contribution in [-0.4, -0.2) is 14.1 Å². The second-order valence-electron chi connectivity index (χ2n) is 10.8. The van der Waals surface area contributed by atoms with E-state index < -0.39 is 0 Å². The van der Waals surface area contributed by atoms with Crippen LogP contribution in [0.15, 0.2) is 152 Å². The molecule has 0 atom stereocenters. The second kappa shape index (κ2) is 8.92. The predicted molar refractivity (Wildman–Crippen MR) is 176 cm³/mol. The number of nitrogens with zero attached hydrogens (tertiary/aromatic N) is 3. The maximum absolute atomic E-state index is 4.86. The van der Waals surface area contributed by atoms with Crippen molar-refractivity contribution in [2.75, 3.05) is 0 Å². The van der Waals surface area contributed by atoms with Crippen molar-refractivity contribution in [3.05, 3.63) is 152 Å². The third-order valence-corrected chi connectivity index (χ3v) is 8.56. The van der Waals surface area contributed by atoms with Crippen molar-refractivity contribution >= 4 is 54.4 Å². The lowest BCUT2D eigenvalue weighted by molar-refractivity contribution is 1.14. The molecular weight excluding hydrogens is 510 g/mol. The fourth-order valence-electron chi connectivity index (χ4n) is 6.77. The number of fused-ring (bicyclic) bond motifs is 9. The molecule has 3 heterocycles. The van der Waals surface area contributed by atoms with Crippen LogP contribution in [0.25, 0.3) is 77.0 Å². The first kappa shape index (κ1) is 23.1. The Morgan fingerprint density at radius 2 is 0.881 bits per heavy atom. The van der Waals surface area contributed by atoms with Crippen LogP contribution in [0.4, 0.5) is 0 Å². The van der Waals surface area contributed by atoms with Crippen LogP contribution in [0, 0.1) is 0 Å². The SMILES string of the molecule is c1ccc(-c2ccc(-n3c4ccccc4c4c5ccc6c(c5ccc43)c3ccccc3n6-c3ccccc3)cn2)cc1. The lowest BCUT2D eigenvalue weighted by Crippen LogP contribution is -1.95. The summed E-state index contributed by atoms with van der Waals surface area (Å²) in [7, 11) is 0. The summed E-state index contributed by atoms with van der Waals surface area (Å²) in [6.45, 7) is 0. The normalized spacial score (nSPS) is 11.8. The van der Waals surface area contributed by atoms with Crippen molar-refractivity contribution in [2.24, 2.45) is 0 Å². The van der Waals surface area contributed by atoms with Crippen molar-refractivity contribution in [1.82, 2.24) is 14.1 Å². The molecule has 0 unspecified atom stereocenters. The van der Waals surface area contributed by atoms with Gasteiger partial charge in [-0.05, 0) is 59.3 Å². The number of para-hydroxylation sites is 3. The third-order valence-electron chi connectivity index (χ3n) is 8.56. The fourth-order valence-corrected chi connectivity index (χ4v) is 6.77. The van der Waals surface area contributed by atoms with Crippen molar-refractivity contribution < 1.29 is 0 Å². The van der Waals surface area contributed by atoms with E-state index in [2.05, 4.69) is 149 Å². The van der Waals surface area contributed by atoms with Gasteiger partial charge in [-0.15, -0.1) is 0 Å². The largest absolute Gasteiger partial charge is 0.309 e. The molecule has 3 aromatic heterocycles. The number of rotatable bonds is 3. The molecule has 42 heavy (non-hydrogen) atoms. The minimum atomic E-state index is 0.975. The fraction of sp³-hybridized carbons (Fsp3) is 0. The van der Waals surface area contributed by atoms with Gasteiger partial charge in [0, 0.05) is 32.8 Å². The van der Waals surface area contributed by atoms with E-state index in [1.165, 1.54) is 60.1 Å². The number of benzene rings is 6. The minimum Gasteiger partial charge on any atom is -0.309 e. The highest BCUT2D eigenvalue weighted by Crippen LogP contribution is 2.42. The van der Waals surface area contributed by atoms with Gasteiger partial charge < -0.3 is 9.13 Å². The first-order valence-electron chi connectivity index (χ1n) is 14.3. The van der Waals surface area contributed by atoms with Crippen molar-refractivity contribution in [3.8, 4) is 22.6 Å². The zero-order chi connectivity index (χ0) is 27.6. The second-order valence-corrected chi connectivity index (χ2v) is 10.8. The highest BCUT2D eigenvalue weighted by Gasteiger charge is 2.19. The van der Waals surface area contributed by atoms with Crippen LogP contribution in [0.2, 0.25) is 0 Å². The molecule has 0 fully saturated rings. The predicted octanol–water partition coefficient (Wildman–Crippen LogP) is 10.1. The Labute approximate surface area is 242 Å². The van der Waals surface area contributed by atoms with Gasteiger partial charge in [0.25, 0.3) is 0 Å². The molecule has 0 amide bonds. The molecule has 0 saturated heterocycles. The van der Waals surface area contributed by atoms with Crippen molar-refractivity contribution in [3.63, 3.8) is 0 Å². The zero-order valence-corrected chi connectivity index (χ0v) is 22.8. The summed E-state index contributed by atoms with van der Waals surface area (Å²) in [5, 5.41) is 7.61. The van der Waals surface area contributed by atoms with Crippen LogP contribution in [0.1, 0.15) is 0 Å². The Morgan fingerprint density at radius 3 is 1.45 bits per heavy atom. The highest BCUT2D eigenvalue weighted by atomic mass is 15.0. The van der Waals surface area contributed by atoms with Crippen molar-refractivity contribution in [2.45, 2.75) is 0 Å². The molecule has 0 aliphatic rings. The average Bonchev–Trinajstić information content (AvgIpc) is 3.59. The lowest BCUT2D eigenvalue weighted by Gasteiger charge is -2.10.